The van der Waals surface area contributed by atoms with E-state index in [2.05, 4.69) is 24.0 Å². The molecule has 1 fully saturated rings. The third kappa shape index (κ3) is 4.64. The van der Waals surface area contributed by atoms with Gasteiger partial charge in [0, 0.05) is 25.3 Å². The Kier molecular flexibility index (Phi) is 5.93. The van der Waals surface area contributed by atoms with Gasteiger partial charge in [0.05, 0.1) is 18.4 Å². The standard InChI is InChI=1S/C20H27N3O3/c1-14(2)13-26-17-7-5-16(6-8-17)18-11-19(22-21-18)20(24)23-9-4-10-25-15(3)12-23/h5-8,11,14-15H,4,9-10,12-13H2,1-3H3,(H,21,22). The summed E-state index contributed by atoms with van der Waals surface area (Å²) in [4.78, 5) is 14.6. The number of benzene rings is 1. The van der Waals surface area contributed by atoms with Crippen molar-refractivity contribution >= 4 is 5.91 Å². The van der Waals surface area contributed by atoms with Crippen molar-refractivity contribution in [3.8, 4) is 17.0 Å². The molecule has 0 spiro atoms. The van der Waals surface area contributed by atoms with Crippen LogP contribution < -0.4 is 4.74 Å². The van der Waals surface area contributed by atoms with Crippen LogP contribution in [-0.2, 0) is 4.74 Å². The zero-order chi connectivity index (χ0) is 18.5. The van der Waals surface area contributed by atoms with Crippen LogP contribution in [0.1, 0.15) is 37.7 Å². The maximum atomic E-state index is 12.7. The molecular weight excluding hydrogens is 330 g/mol. The second kappa shape index (κ2) is 8.36. The molecule has 2 aromatic rings. The van der Waals surface area contributed by atoms with Crippen LogP contribution in [0.5, 0.6) is 5.75 Å². The molecule has 1 aromatic carbocycles. The Labute approximate surface area is 154 Å². The first-order valence-corrected chi connectivity index (χ1v) is 9.22. The fourth-order valence-corrected chi connectivity index (χ4v) is 2.91. The smallest absolute Gasteiger partial charge is 0.271 e. The number of rotatable bonds is 5. The summed E-state index contributed by atoms with van der Waals surface area (Å²) in [7, 11) is 0. The van der Waals surface area contributed by atoms with Gasteiger partial charge in [-0.1, -0.05) is 13.8 Å². The van der Waals surface area contributed by atoms with E-state index in [9.17, 15) is 4.79 Å². The van der Waals surface area contributed by atoms with Crippen molar-refractivity contribution < 1.29 is 14.3 Å². The van der Waals surface area contributed by atoms with Crippen LogP contribution in [0.2, 0.25) is 0 Å². The highest BCUT2D eigenvalue weighted by atomic mass is 16.5. The maximum Gasteiger partial charge on any atom is 0.271 e. The number of ether oxygens (including phenoxy) is 2. The molecule has 1 atom stereocenters. The lowest BCUT2D eigenvalue weighted by atomic mass is 10.1. The molecule has 1 unspecified atom stereocenters. The van der Waals surface area contributed by atoms with Crippen molar-refractivity contribution in [3.63, 3.8) is 0 Å². The molecule has 1 amide bonds. The van der Waals surface area contributed by atoms with Crippen molar-refractivity contribution in [2.24, 2.45) is 5.92 Å². The van der Waals surface area contributed by atoms with Gasteiger partial charge in [-0.15, -0.1) is 0 Å². The molecule has 0 bridgehead atoms. The summed E-state index contributed by atoms with van der Waals surface area (Å²) in [6, 6.07) is 9.59. The van der Waals surface area contributed by atoms with Crippen molar-refractivity contribution in [1.29, 1.82) is 0 Å². The number of hydrogen-bond acceptors (Lipinski definition) is 4. The minimum absolute atomic E-state index is 0.0296. The van der Waals surface area contributed by atoms with Gasteiger partial charge in [0.1, 0.15) is 11.4 Å². The van der Waals surface area contributed by atoms with Gasteiger partial charge in [-0.05, 0) is 49.6 Å². The summed E-state index contributed by atoms with van der Waals surface area (Å²) in [5.41, 5.74) is 2.21. The van der Waals surface area contributed by atoms with Gasteiger partial charge in [-0.2, -0.15) is 5.10 Å². The molecule has 0 saturated carbocycles. The molecule has 1 saturated heterocycles. The Balaban J connectivity index is 1.68. The normalized spacial score (nSPS) is 18.0. The highest BCUT2D eigenvalue weighted by Crippen LogP contribution is 2.22. The van der Waals surface area contributed by atoms with Crippen LogP contribution in [0.3, 0.4) is 0 Å². The first-order chi connectivity index (χ1) is 12.5. The predicted molar refractivity (Wildman–Crippen MR) is 100 cm³/mol. The van der Waals surface area contributed by atoms with E-state index in [-0.39, 0.29) is 12.0 Å². The van der Waals surface area contributed by atoms with Crippen LogP contribution >= 0.6 is 0 Å². The highest BCUT2D eigenvalue weighted by Gasteiger charge is 2.22. The molecule has 1 aliphatic rings. The predicted octanol–water partition coefficient (Wildman–Crippen LogP) is 3.36. The molecular formula is C20H27N3O3. The summed E-state index contributed by atoms with van der Waals surface area (Å²) in [6.45, 7) is 8.94. The third-order valence-corrected chi connectivity index (χ3v) is 4.28. The molecule has 26 heavy (non-hydrogen) atoms. The first-order valence-electron chi connectivity index (χ1n) is 9.22. The van der Waals surface area contributed by atoms with Crippen LogP contribution in [-0.4, -0.2) is 53.4 Å². The molecule has 0 aliphatic carbocycles. The maximum absolute atomic E-state index is 12.7. The molecule has 140 valence electrons. The molecule has 1 aliphatic heterocycles. The van der Waals surface area contributed by atoms with Gasteiger partial charge in [0.25, 0.3) is 5.91 Å². The van der Waals surface area contributed by atoms with Crippen molar-refractivity contribution in [3.05, 3.63) is 36.0 Å². The first kappa shape index (κ1) is 18.5. The summed E-state index contributed by atoms with van der Waals surface area (Å²) < 4.78 is 11.3. The molecule has 3 rings (SSSR count). The van der Waals surface area contributed by atoms with Gasteiger partial charge < -0.3 is 14.4 Å². The topological polar surface area (TPSA) is 67.4 Å². The lowest BCUT2D eigenvalue weighted by Crippen LogP contribution is -2.36. The largest absolute Gasteiger partial charge is 0.493 e. The zero-order valence-corrected chi connectivity index (χ0v) is 15.7. The Hall–Kier alpha value is -2.34. The van der Waals surface area contributed by atoms with Crippen LogP contribution in [0.15, 0.2) is 30.3 Å². The number of amides is 1. The molecule has 1 N–H and O–H groups in total. The van der Waals surface area contributed by atoms with E-state index < -0.39 is 0 Å². The Bertz CT molecular complexity index is 724. The number of carbonyl (C=O) groups excluding carboxylic acids is 1. The number of nitrogens with zero attached hydrogens (tertiary/aromatic N) is 2. The molecule has 0 radical (unpaired) electrons. The second-order valence-electron chi connectivity index (χ2n) is 7.18. The van der Waals surface area contributed by atoms with E-state index in [0.717, 1.165) is 23.4 Å². The third-order valence-electron chi connectivity index (χ3n) is 4.28. The van der Waals surface area contributed by atoms with Crippen LogP contribution in [0.4, 0.5) is 0 Å². The SMILES string of the molecule is CC(C)COc1ccc(-c2cc(C(=O)N3CCCOC(C)C3)[nH]n2)cc1. The highest BCUT2D eigenvalue weighted by molar-refractivity contribution is 5.93. The number of hydrogen-bond donors (Lipinski definition) is 1. The van der Waals surface area contributed by atoms with E-state index in [1.807, 2.05) is 42.2 Å². The number of aromatic amines is 1. The fourth-order valence-electron chi connectivity index (χ4n) is 2.91. The Morgan fingerprint density at radius 2 is 2.15 bits per heavy atom. The van der Waals surface area contributed by atoms with Crippen molar-refractivity contribution in [2.45, 2.75) is 33.3 Å². The van der Waals surface area contributed by atoms with E-state index in [1.54, 1.807) is 0 Å². The van der Waals surface area contributed by atoms with Gasteiger partial charge in [0.15, 0.2) is 0 Å². The summed E-state index contributed by atoms with van der Waals surface area (Å²) in [5, 5.41) is 7.18. The summed E-state index contributed by atoms with van der Waals surface area (Å²) >= 11 is 0. The van der Waals surface area contributed by atoms with E-state index >= 15 is 0 Å². The molecule has 2 heterocycles. The van der Waals surface area contributed by atoms with Gasteiger partial charge >= 0.3 is 0 Å². The average Bonchev–Trinajstić information content (AvgIpc) is 3.02. The minimum Gasteiger partial charge on any atom is -0.493 e. The second-order valence-corrected chi connectivity index (χ2v) is 7.18. The molecule has 6 nitrogen and oxygen atoms in total. The molecule has 6 heteroatoms. The quantitative estimate of drug-likeness (QED) is 0.891. The summed E-state index contributed by atoms with van der Waals surface area (Å²) in [6.07, 6.45) is 0.914. The Morgan fingerprint density at radius 1 is 1.38 bits per heavy atom. The number of H-pyrrole nitrogens is 1. The van der Waals surface area contributed by atoms with E-state index in [0.29, 0.717) is 37.9 Å². The summed E-state index contributed by atoms with van der Waals surface area (Å²) in [5.74, 6) is 1.30. The van der Waals surface area contributed by atoms with Crippen LogP contribution in [0.25, 0.3) is 11.3 Å². The van der Waals surface area contributed by atoms with Crippen LogP contribution in [0, 0.1) is 5.92 Å². The number of nitrogens with one attached hydrogen (secondary N) is 1. The van der Waals surface area contributed by atoms with Gasteiger partial charge in [0.2, 0.25) is 0 Å². The fraction of sp³-hybridized carbons (Fsp3) is 0.500. The van der Waals surface area contributed by atoms with Gasteiger partial charge in [-0.3, -0.25) is 9.89 Å². The number of aromatic nitrogens is 2. The van der Waals surface area contributed by atoms with Crippen molar-refractivity contribution in [2.75, 3.05) is 26.3 Å². The lowest BCUT2D eigenvalue weighted by molar-refractivity contribution is 0.0559. The number of carbonyl (C=O) groups is 1. The minimum atomic E-state index is -0.0296. The lowest BCUT2D eigenvalue weighted by Gasteiger charge is -2.21. The Morgan fingerprint density at radius 3 is 2.88 bits per heavy atom. The van der Waals surface area contributed by atoms with Crippen molar-refractivity contribution in [1.82, 2.24) is 15.1 Å². The molecule has 1 aromatic heterocycles. The zero-order valence-electron chi connectivity index (χ0n) is 15.7. The van der Waals surface area contributed by atoms with E-state index in [4.69, 9.17) is 9.47 Å². The van der Waals surface area contributed by atoms with E-state index in [1.165, 1.54) is 0 Å². The van der Waals surface area contributed by atoms with Gasteiger partial charge in [-0.25, -0.2) is 0 Å². The monoisotopic (exact) mass is 357 g/mol. The average molecular weight is 357 g/mol.